The number of halogens is 1. The Morgan fingerprint density at radius 2 is 2.03 bits per heavy atom. The molecule has 3 rings (SSSR count). The van der Waals surface area contributed by atoms with Crippen LogP contribution < -0.4 is 15.6 Å². The van der Waals surface area contributed by atoms with Crippen molar-refractivity contribution in [1.82, 2.24) is 14.9 Å². The summed E-state index contributed by atoms with van der Waals surface area (Å²) in [6, 6.07) is 12.5. The van der Waals surface area contributed by atoms with Crippen molar-refractivity contribution in [3.8, 4) is 5.75 Å². The Morgan fingerprint density at radius 1 is 1.21 bits per heavy atom. The second-order valence-electron chi connectivity index (χ2n) is 6.69. The SMILES string of the molecule is CNCc1ccc(C(=O)Cn2ccc(OCc3ccc(Br)cn3)cc2=O)c(C)c1. The van der Waals surface area contributed by atoms with E-state index in [0.717, 1.165) is 27.8 Å². The summed E-state index contributed by atoms with van der Waals surface area (Å²) in [4.78, 5) is 29.3. The van der Waals surface area contributed by atoms with E-state index >= 15 is 0 Å². The smallest absolute Gasteiger partial charge is 0.254 e. The third-order valence-corrected chi connectivity index (χ3v) is 4.90. The Hall–Kier alpha value is -2.77. The van der Waals surface area contributed by atoms with Crippen LogP contribution in [0.15, 0.2) is 64.1 Å². The lowest BCUT2D eigenvalue weighted by Gasteiger charge is -2.10. The summed E-state index contributed by atoms with van der Waals surface area (Å²) in [6.45, 7) is 2.89. The van der Waals surface area contributed by atoms with Gasteiger partial charge < -0.3 is 14.6 Å². The summed E-state index contributed by atoms with van der Waals surface area (Å²) in [7, 11) is 1.88. The number of ether oxygens (including phenoxy) is 1. The van der Waals surface area contributed by atoms with Crippen LogP contribution in [0, 0.1) is 6.92 Å². The fourth-order valence-corrected chi connectivity index (χ4v) is 3.19. The average molecular weight is 456 g/mol. The van der Waals surface area contributed by atoms with Gasteiger partial charge in [-0.2, -0.15) is 0 Å². The second kappa shape index (κ2) is 9.62. The van der Waals surface area contributed by atoms with E-state index < -0.39 is 0 Å². The van der Waals surface area contributed by atoms with E-state index in [0.29, 0.717) is 11.3 Å². The number of rotatable bonds is 8. The van der Waals surface area contributed by atoms with E-state index in [9.17, 15) is 9.59 Å². The molecular weight excluding hydrogens is 434 g/mol. The highest BCUT2D eigenvalue weighted by molar-refractivity contribution is 9.10. The van der Waals surface area contributed by atoms with Crippen LogP contribution in [0.3, 0.4) is 0 Å². The van der Waals surface area contributed by atoms with E-state index in [1.807, 2.05) is 44.3 Å². The van der Waals surface area contributed by atoms with Crippen molar-refractivity contribution in [2.45, 2.75) is 26.6 Å². The van der Waals surface area contributed by atoms with Gasteiger partial charge in [-0.1, -0.05) is 18.2 Å². The molecule has 0 aliphatic rings. The largest absolute Gasteiger partial charge is 0.487 e. The van der Waals surface area contributed by atoms with E-state index in [1.54, 1.807) is 18.5 Å². The van der Waals surface area contributed by atoms with Gasteiger partial charge in [0.25, 0.3) is 5.56 Å². The zero-order chi connectivity index (χ0) is 20.8. The molecule has 1 N–H and O–H groups in total. The maximum atomic E-state index is 12.7. The molecule has 0 saturated heterocycles. The summed E-state index contributed by atoms with van der Waals surface area (Å²) in [5, 5.41) is 3.09. The molecule has 0 radical (unpaired) electrons. The van der Waals surface area contributed by atoms with Gasteiger partial charge in [0.15, 0.2) is 5.78 Å². The number of hydrogen-bond donors (Lipinski definition) is 1. The number of carbonyl (C=O) groups is 1. The number of nitrogens with zero attached hydrogens (tertiary/aromatic N) is 2. The molecule has 0 aliphatic heterocycles. The highest BCUT2D eigenvalue weighted by Gasteiger charge is 2.12. The van der Waals surface area contributed by atoms with E-state index in [1.165, 1.54) is 10.6 Å². The molecule has 2 heterocycles. The highest BCUT2D eigenvalue weighted by Crippen LogP contribution is 2.14. The number of pyridine rings is 2. The number of Topliss-reactive ketones (excluding diaryl/α,β-unsaturated/α-hetero) is 1. The molecule has 0 bridgehead atoms. The average Bonchev–Trinajstić information content (AvgIpc) is 2.69. The molecule has 1 aromatic carbocycles. The minimum Gasteiger partial charge on any atom is -0.487 e. The first kappa shape index (κ1) is 21.0. The lowest BCUT2D eigenvalue weighted by Crippen LogP contribution is -2.23. The van der Waals surface area contributed by atoms with E-state index in [2.05, 4.69) is 26.2 Å². The van der Waals surface area contributed by atoms with Crippen LogP contribution >= 0.6 is 15.9 Å². The lowest BCUT2D eigenvalue weighted by molar-refractivity contribution is 0.0970. The lowest BCUT2D eigenvalue weighted by atomic mass is 10.0. The van der Waals surface area contributed by atoms with E-state index in [-0.39, 0.29) is 24.5 Å². The first-order valence-corrected chi connectivity index (χ1v) is 9.96. The van der Waals surface area contributed by atoms with Crippen molar-refractivity contribution in [2.75, 3.05) is 7.05 Å². The topological polar surface area (TPSA) is 73.2 Å². The van der Waals surface area contributed by atoms with Crippen LogP contribution in [0.2, 0.25) is 0 Å². The first-order chi connectivity index (χ1) is 14.0. The molecule has 0 fully saturated rings. The summed E-state index contributed by atoms with van der Waals surface area (Å²) < 4.78 is 7.90. The molecule has 2 aromatic heterocycles. The third kappa shape index (κ3) is 5.62. The molecule has 0 unspecified atom stereocenters. The minimum atomic E-state index is -0.288. The van der Waals surface area contributed by atoms with Crippen LogP contribution in [-0.4, -0.2) is 22.4 Å². The predicted molar refractivity (Wildman–Crippen MR) is 115 cm³/mol. The van der Waals surface area contributed by atoms with Crippen molar-refractivity contribution >= 4 is 21.7 Å². The molecule has 0 atom stereocenters. The fraction of sp³-hybridized carbons (Fsp3) is 0.227. The van der Waals surface area contributed by atoms with E-state index in [4.69, 9.17) is 4.74 Å². The Morgan fingerprint density at radius 3 is 2.69 bits per heavy atom. The summed E-state index contributed by atoms with van der Waals surface area (Å²) in [5.41, 5.74) is 3.10. The molecule has 0 amide bonds. The monoisotopic (exact) mass is 455 g/mol. The Bertz CT molecular complexity index is 1060. The van der Waals surface area contributed by atoms with Gasteiger partial charge in [-0.15, -0.1) is 0 Å². The molecule has 29 heavy (non-hydrogen) atoms. The van der Waals surface area contributed by atoms with Crippen molar-refractivity contribution < 1.29 is 9.53 Å². The minimum absolute atomic E-state index is 0.0143. The van der Waals surface area contributed by atoms with Gasteiger partial charge in [0.1, 0.15) is 12.4 Å². The van der Waals surface area contributed by atoms with Gasteiger partial charge in [0, 0.05) is 35.0 Å². The van der Waals surface area contributed by atoms with Crippen LogP contribution in [0.5, 0.6) is 5.75 Å². The molecule has 3 aromatic rings. The predicted octanol–water partition coefficient (Wildman–Crippen LogP) is 3.50. The van der Waals surface area contributed by atoms with Crippen molar-refractivity contribution in [2.24, 2.45) is 0 Å². The highest BCUT2D eigenvalue weighted by atomic mass is 79.9. The van der Waals surface area contributed by atoms with Crippen molar-refractivity contribution in [3.63, 3.8) is 0 Å². The standard InChI is InChI=1S/C22H22BrN3O3/c1-15-9-16(11-24-2)3-6-20(15)21(27)13-26-8-7-19(10-22(26)28)29-14-18-5-4-17(23)12-25-18/h3-10,12,24H,11,13-14H2,1-2H3. The van der Waals surface area contributed by atoms with Crippen molar-refractivity contribution in [1.29, 1.82) is 0 Å². The number of ketones is 1. The van der Waals surface area contributed by atoms with Gasteiger partial charge >= 0.3 is 0 Å². The maximum Gasteiger partial charge on any atom is 0.254 e. The third-order valence-electron chi connectivity index (χ3n) is 4.43. The summed E-state index contributed by atoms with van der Waals surface area (Å²) >= 11 is 3.33. The van der Waals surface area contributed by atoms with Crippen LogP contribution in [0.1, 0.15) is 27.2 Å². The second-order valence-corrected chi connectivity index (χ2v) is 7.60. The fourth-order valence-electron chi connectivity index (χ4n) is 2.95. The molecule has 0 spiro atoms. The molecule has 6 nitrogen and oxygen atoms in total. The zero-order valence-corrected chi connectivity index (χ0v) is 17.9. The number of aryl methyl sites for hydroxylation is 1. The Balaban J connectivity index is 1.66. The van der Waals surface area contributed by atoms with Crippen LogP contribution in [0.25, 0.3) is 0 Å². The maximum absolute atomic E-state index is 12.7. The molecule has 7 heteroatoms. The molecule has 150 valence electrons. The number of benzene rings is 1. The Labute approximate surface area is 177 Å². The summed E-state index contributed by atoms with van der Waals surface area (Å²) in [6.07, 6.45) is 3.27. The number of aromatic nitrogens is 2. The molecule has 0 aliphatic carbocycles. The summed E-state index contributed by atoms with van der Waals surface area (Å²) in [5.74, 6) is 0.337. The number of carbonyl (C=O) groups excluding carboxylic acids is 1. The molecular formula is C22H22BrN3O3. The zero-order valence-electron chi connectivity index (χ0n) is 16.3. The van der Waals surface area contributed by atoms with Crippen LogP contribution in [-0.2, 0) is 19.7 Å². The normalized spacial score (nSPS) is 10.7. The molecule has 0 saturated carbocycles. The van der Waals surface area contributed by atoms with Gasteiger partial charge in [-0.25, -0.2) is 0 Å². The number of nitrogens with one attached hydrogen (secondary N) is 1. The van der Waals surface area contributed by atoms with Gasteiger partial charge in [0.2, 0.25) is 0 Å². The van der Waals surface area contributed by atoms with Crippen LogP contribution in [0.4, 0.5) is 0 Å². The quantitative estimate of drug-likeness (QED) is 0.526. The van der Waals surface area contributed by atoms with Gasteiger partial charge in [-0.05, 0) is 59.2 Å². The van der Waals surface area contributed by atoms with Gasteiger partial charge in [-0.3, -0.25) is 14.6 Å². The number of hydrogen-bond acceptors (Lipinski definition) is 5. The van der Waals surface area contributed by atoms with Crippen molar-refractivity contribution in [3.05, 3.63) is 92.1 Å². The van der Waals surface area contributed by atoms with Gasteiger partial charge in [0.05, 0.1) is 12.2 Å². The Kier molecular flexibility index (Phi) is 6.95. The first-order valence-electron chi connectivity index (χ1n) is 9.17.